The normalized spacial score (nSPS) is 11.8. The Balaban J connectivity index is 2.30. The Morgan fingerprint density at radius 2 is 1.32 bits per heavy atom. The maximum absolute atomic E-state index is 11.4. The van der Waals surface area contributed by atoms with Crippen LogP contribution in [0.3, 0.4) is 0 Å². The van der Waals surface area contributed by atoms with Crippen molar-refractivity contribution >= 4 is 10.1 Å². The van der Waals surface area contributed by atoms with Crippen LogP contribution in [0.5, 0.6) is 0 Å². The minimum atomic E-state index is -4.12. The van der Waals surface area contributed by atoms with Crippen LogP contribution in [0, 0.1) is 0 Å². The van der Waals surface area contributed by atoms with Gasteiger partial charge in [0.2, 0.25) is 0 Å². The lowest BCUT2D eigenvalue weighted by molar-refractivity contribution is 0.482. The molecule has 0 radical (unpaired) electrons. The van der Waals surface area contributed by atoms with Crippen LogP contribution >= 0.6 is 0 Å². The Kier molecular flexibility index (Phi) is 11.1. The first-order valence-corrected chi connectivity index (χ1v) is 11.5. The molecule has 4 heteroatoms. The molecule has 0 atom stereocenters. The fourth-order valence-electron chi connectivity index (χ4n) is 3.32. The third-order valence-electron chi connectivity index (χ3n) is 4.74. The third kappa shape index (κ3) is 9.41. The van der Waals surface area contributed by atoms with Gasteiger partial charge in [0.25, 0.3) is 10.1 Å². The average Bonchev–Trinajstić information content (AvgIpc) is 2.56. The van der Waals surface area contributed by atoms with Crippen LogP contribution in [-0.2, 0) is 23.0 Å². The summed E-state index contributed by atoms with van der Waals surface area (Å²) in [5.74, 6) is 0. The van der Waals surface area contributed by atoms with Crippen molar-refractivity contribution in [1.29, 1.82) is 0 Å². The van der Waals surface area contributed by atoms with Gasteiger partial charge < -0.3 is 0 Å². The molecule has 0 aliphatic carbocycles. The van der Waals surface area contributed by atoms with Crippen molar-refractivity contribution in [3.8, 4) is 0 Å². The van der Waals surface area contributed by atoms with E-state index in [0.717, 1.165) is 24.8 Å². The van der Waals surface area contributed by atoms with Crippen LogP contribution in [-0.4, -0.2) is 13.0 Å². The predicted molar refractivity (Wildman–Crippen MR) is 106 cm³/mol. The summed E-state index contributed by atoms with van der Waals surface area (Å²) in [5.41, 5.74) is 1.92. The maximum atomic E-state index is 11.4. The molecule has 0 amide bonds. The Bertz CT molecular complexity index is 579. The van der Waals surface area contributed by atoms with Gasteiger partial charge in [0.05, 0.1) is 4.90 Å². The number of hydrogen-bond acceptors (Lipinski definition) is 2. The molecule has 0 fully saturated rings. The van der Waals surface area contributed by atoms with E-state index in [2.05, 4.69) is 6.92 Å². The largest absolute Gasteiger partial charge is 0.294 e. The lowest BCUT2D eigenvalue weighted by Gasteiger charge is -2.09. The van der Waals surface area contributed by atoms with Gasteiger partial charge in [-0.25, -0.2) is 0 Å². The van der Waals surface area contributed by atoms with Crippen LogP contribution in [0.4, 0.5) is 0 Å². The Hall–Kier alpha value is -0.870. The highest BCUT2D eigenvalue weighted by molar-refractivity contribution is 7.85. The second-order valence-electron chi connectivity index (χ2n) is 7.10. The first-order chi connectivity index (χ1) is 12.0. The topological polar surface area (TPSA) is 54.4 Å². The molecule has 0 bridgehead atoms. The van der Waals surface area contributed by atoms with Crippen LogP contribution in [0.1, 0.15) is 95.6 Å². The molecule has 0 aliphatic rings. The van der Waals surface area contributed by atoms with Gasteiger partial charge in [-0.15, -0.1) is 0 Å². The molecule has 0 saturated carbocycles. The Morgan fingerprint density at radius 1 is 0.760 bits per heavy atom. The lowest BCUT2D eigenvalue weighted by atomic mass is 10.0. The summed E-state index contributed by atoms with van der Waals surface area (Å²) in [6, 6.07) is 5.36. The fourth-order valence-corrected chi connectivity index (χ4v) is 4.05. The summed E-state index contributed by atoms with van der Waals surface area (Å²) in [6.45, 7) is 4.27. The lowest BCUT2D eigenvalue weighted by Crippen LogP contribution is -2.04. The predicted octanol–water partition coefficient (Wildman–Crippen LogP) is 6.35. The van der Waals surface area contributed by atoms with E-state index in [1.807, 2.05) is 19.1 Å². The second-order valence-corrected chi connectivity index (χ2v) is 8.49. The monoisotopic (exact) mass is 368 g/mol. The molecular weight excluding hydrogens is 332 g/mol. The van der Waals surface area contributed by atoms with Gasteiger partial charge in [-0.1, -0.05) is 90.2 Å². The van der Waals surface area contributed by atoms with E-state index < -0.39 is 10.1 Å². The summed E-state index contributed by atoms with van der Waals surface area (Å²) < 4.78 is 32.2. The van der Waals surface area contributed by atoms with Crippen LogP contribution in [0.15, 0.2) is 23.1 Å². The van der Waals surface area contributed by atoms with Crippen LogP contribution < -0.4 is 0 Å². The van der Waals surface area contributed by atoms with E-state index in [1.165, 1.54) is 63.4 Å². The highest BCUT2D eigenvalue weighted by atomic mass is 32.2. The van der Waals surface area contributed by atoms with Gasteiger partial charge in [0.15, 0.2) is 0 Å². The van der Waals surface area contributed by atoms with Gasteiger partial charge >= 0.3 is 0 Å². The van der Waals surface area contributed by atoms with Gasteiger partial charge in [0.1, 0.15) is 0 Å². The molecular formula is C21H36O3S. The zero-order chi connectivity index (χ0) is 18.5. The van der Waals surface area contributed by atoms with Gasteiger partial charge in [-0.2, -0.15) is 8.42 Å². The molecule has 1 rings (SSSR count). The van der Waals surface area contributed by atoms with Gasteiger partial charge in [-0.05, 0) is 36.5 Å². The van der Waals surface area contributed by atoms with Gasteiger partial charge in [0, 0.05) is 0 Å². The van der Waals surface area contributed by atoms with Gasteiger partial charge in [-0.3, -0.25) is 4.55 Å². The number of unbranched alkanes of at least 4 members (excludes halogenated alkanes) is 9. The SMILES string of the molecule is CCCCCCCCCCCCc1ccc(S(=O)(=O)O)c(CCC)c1. The van der Waals surface area contributed by atoms with Crippen molar-refractivity contribution in [3.05, 3.63) is 29.3 Å². The van der Waals surface area contributed by atoms with E-state index in [0.29, 0.717) is 6.42 Å². The van der Waals surface area contributed by atoms with Crippen molar-refractivity contribution in [1.82, 2.24) is 0 Å². The molecule has 3 nitrogen and oxygen atoms in total. The van der Waals surface area contributed by atoms with Crippen molar-refractivity contribution < 1.29 is 13.0 Å². The number of aryl methyl sites for hydroxylation is 2. The van der Waals surface area contributed by atoms with Crippen molar-refractivity contribution in [3.63, 3.8) is 0 Å². The first-order valence-electron chi connectivity index (χ1n) is 10.1. The van der Waals surface area contributed by atoms with E-state index in [9.17, 15) is 13.0 Å². The highest BCUT2D eigenvalue weighted by Gasteiger charge is 2.15. The minimum Gasteiger partial charge on any atom is -0.282 e. The molecule has 0 spiro atoms. The molecule has 0 aliphatic heterocycles. The molecule has 0 aromatic heterocycles. The number of rotatable bonds is 14. The molecule has 1 aromatic carbocycles. The van der Waals surface area contributed by atoms with Crippen LogP contribution in [0.2, 0.25) is 0 Å². The molecule has 25 heavy (non-hydrogen) atoms. The summed E-state index contributed by atoms with van der Waals surface area (Å²) in [6.07, 6.45) is 15.7. The fraction of sp³-hybridized carbons (Fsp3) is 0.714. The number of hydrogen-bond donors (Lipinski definition) is 1. The molecule has 0 unspecified atom stereocenters. The zero-order valence-corrected chi connectivity index (χ0v) is 16.9. The summed E-state index contributed by atoms with van der Waals surface area (Å²) in [5, 5.41) is 0. The molecule has 0 saturated heterocycles. The number of benzene rings is 1. The zero-order valence-electron chi connectivity index (χ0n) is 16.1. The van der Waals surface area contributed by atoms with E-state index in [-0.39, 0.29) is 4.90 Å². The van der Waals surface area contributed by atoms with Crippen LogP contribution in [0.25, 0.3) is 0 Å². The summed E-state index contributed by atoms with van der Waals surface area (Å²) in [7, 11) is -4.12. The standard InChI is InChI=1S/C21H36O3S/c1-3-5-6-7-8-9-10-11-12-13-15-19-16-17-21(25(22,23)24)20(18-19)14-4-2/h16-18H,3-15H2,1-2H3,(H,22,23,24). The molecule has 1 N–H and O–H groups in total. The first kappa shape index (κ1) is 22.2. The van der Waals surface area contributed by atoms with E-state index in [4.69, 9.17) is 0 Å². The Morgan fingerprint density at radius 3 is 1.84 bits per heavy atom. The van der Waals surface area contributed by atoms with E-state index >= 15 is 0 Å². The van der Waals surface area contributed by atoms with Crippen molar-refractivity contribution in [2.45, 2.75) is 102 Å². The second kappa shape index (κ2) is 12.5. The van der Waals surface area contributed by atoms with E-state index in [1.54, 1.807) is 6.07 Å². The maximum Gasteiger partial charge on any atom is 0.294 e. The molecule has 0 heterocycles. The average molecular weight is 369 g/mol. The minimum absolute atomic E-state index is 0.0705. The molecule has 144 valence electrons. The third-order valence-corrected chi connectivity index (χ3v) is 5.70. The summed E-state index contributed by atoms with van der Waals surface area (Å²) >= 11 is 0. The van der Waals surface area contributed by atoms with Crippen molar-refractivity contribution in [2.75, 3.05) is 0 Å². The smallest absolute Gasteiger partial charge is 0.282 e. The summed E-state index contributed by atoms with van der Waals surface area (Å²) in [4.78, 5) is 0.0705. The highest BCUT2D eigenvalue weighted by Crippen LogP contribution is 2.21. The van der Waals surface area contributed by atoms with Crippen molar-refractivity contribution in [2.24, 2.45) is 0 Å². The quantitative estimate of drug-likeness (QED) is 0.307. The Labute approximate surface area is 155 Å². The molecule has 1 aromatic rings.